The predicted molar refractivity (Wildman–Crippen MR) is 78.0 cm³/mol. The summed E-state index contributed by atoms with van der Waals surface area (Å²) in [6.07, 6.45) is 3.29. The predicted octanol–water partition coefficient (Wildman–Crippen LogP) is 2.06. The Bertz CT molecular complexity index is 492. The third-order valence-corrected chi connectivity index (χ3v) is 1.88. The molecule has 112 valence electrons. The Balaban J connectivity index is 0.000000290. The molecule has 1 aliphatic rings. The van der Waals surface area contributed by atoms with Gasteiger partial charge in [0, 0.05) is 12.2 Å². The van der Waals surface area contributed by atoms with Gasteiger partial charge in [0.1, 0.15) is 0 Å². The third kappa shape index (κ3) is 10.7. The third-order valence-electron chi connectivity index (χ3n) is 1.88. The second kappa shape index (κ2) is 11.0. The fourth-order valence-electron chi connectivity index (χ4n) is 1.03. The molecule has 2 rings (SSSR count). The number of rotatable bonds is 2. The Hall–Kier alpha value is -2.89. The van der Waals surface area contributed by atoms with E-state index in [0.717, 1.165) is 12.2 Å². The molecule has 1 aromatic carbocycles. The minimum Gasteiger partial charge on any atom is -0.450 e. The van der Waals surface area contributed by atoms with Crippen LogP contribution in [0.5, 0.6) is 0 Å². The molecular weight excluding hydrogens is 274 g/mol. The van der Waals surface area contributed by atoms with E-state index in [9.17, 15) is 14.4 Å². The van der Waals surface area contributed by atoms with Crippen LogP contribution in [0.1, 0.15) is 12.5 Å². The number of hydrogen-bond acceptors (Lipinski definition) is 5. The summed E-state index contributed by atoms with van der Waals surface area (Å²) in [5, 5.41) is 0. The summed E-state index contributed by atoms with van der Waals surface area (Å²) in [7, 11) is 0. The maximum absolute atomic E-state index is 9.92. The van der Waals surface area contributed by atoms with E-state index in [0.29, 0.717) is 6.61 Å². The number of esters is 2. The molecule has 1 heterocycles. The van der Waals surface area contributed by atoms with E-state index < -0.39 is 18.0 Å². The molecule has 1 amide bonds. The van der Waals surface area contributed by atoms with Crippen molar-refractivity contribution in [1.29, 1.82) is 0 Å². The largest absolute Gasteiger partial charge is 0.450 e. The van der Waals surface area contributed by atoms with Crippen molar-refractivity contribution < 1.29 is 23.9 Å². The van der Waals surface area contributed by atoms with Crippen LogP contribution in [-0.4, -0.2) is 24.6 Å². The molecule has 1 aromatic rings. The number of ether oxygens (including phenoxy) is 2. The Morgan fingerprint density at radius 3 is 1.95 bits per heavy atom. The highest BCUT2D eigenvalue weighted by atomic mass is 16.6. The molecule has 1 aliphatic heterocycles. The van der Waals surface area contributed by atoms with E-state index >= 15 is 0 Å². The van der Waals surface area contributed by atoms with Gasteiger partial charge in [0.15, 0.2) is 0 Å². The Labute approximate surface area is 122 Å². The van der Waals surface area contributed by atoms with Gasteiger partial charge in [-0.3, -0.25) is 0 Å². The van der Waals surface area contributed by atoms with Gasteiger partial charge in [-0.2, -0.15) is 0 Å². The molecule has 21 heavy (non-hydrogen) atoms. The maximum atomic E-state index is 9.92. The molecule has 6 heteroatoms. The van der Waals surface area contributed by atoms with Crippen molar-refractivity contribution in [3.05, 3.63) is 54.6 Å². The summed E-state index contributed by atoms with van der Waals surface area (Å²) in [5.74, 6) is -1.16. The molecule has 2 N–H and O–H groups in total. The second-order valence-electron chi connectivity index (χ2n) is 3.44. The van der Waals surface area contributed by atoms with Gasteiger partial charge in [0.2, 0.25) is 0 Å². The van der Waals surface area contributed by atoms with Crippen LogP contribution in [0.2, 0.25) is 0 Å². The van der Waals surface area contributed by atoms with Crippen molar-refractivity contribution in [1.82, 2.24) is 0 Å². The monoisotopic (exact) mass is 291 g/mol. The van der Waals surface area contributed by atoms with E-state index in [1.165, 1.54) is 5.56 Å². The molecule has 0 radical (unpaired) electrons. The summed E-state index contributed by atoms with van der Waals surface area (Å²) in [4.78, 5) is 29.4. The van der Waals surface area contributed by atoms with Gasteiger partial charge in [0.05, 0.1) is 6.61 Å². The summed E-state index contributed by atoms with van der Waals surface area (Å²) < 4.78 is 8.15. The summed E-state index contributed by atoms with van der Waals surface area (Å²) in [6, 6.07) is 10.0. The number of hydrogen-bond donors (Lipinski definition) is 1. The number of nitrogens with two attached hydrogens (primary N) is 1. The summed E-state index contributed by atoms with van der Waals surface area (Å²) in [5.41, 5.74) is 5.72. The Kier molecular flexibility index (Phi) is 9.47. The lowest BCUT2D eigenvalue weighted by atomic mass is 10.2. The molecule has 0 saturated heterocycles. The van der Waals surface area contributed by atoms with Crippen LogP contribution in [0, 0.1) is 0 Å². The normalized spacial score (nSPS) is 11.3. The first-order chi connectivity index (χ1) is 9.99. The van der Waals surface area contributed by atoms with Crippen molar-refractivity contribution in [3.8, 4) is 0 Å². The topological polar surface area (TPSA) is 95.7 Å². The zero-order valence-electron chi connectivity index (χ0n) is 11.7. The fraction of sp³-hybridized carbons (Fsp3) is 0.133. The first-order valence-electron chi connectivity index (χ1n) is 6.03. The fourth-order valence-corrected chi connectivity index (χ4v) is 1.03. The highest BCUT2D eigenvalue weighted by molar-refractivity contribution is 6.04. The van der Waals surface area contributed by atoms with Crippen LogP contribution in [0.25, 0.3) is 6.08 Å². The number of primary amides is 1. The zero-order valence-corrected chi connectivity index (χ0v) is 11.7. The standard InChI is InChI=1S/C8H8.C4H2O3.C3H7NO2/c1-2-8-6-4-3-5-7-8;5-3-1-2-4(6)7-3;1-2-6-3(4)5/h2-7H,1H2;1-2H;2H2,1H3,(H2,4,5). The van der Waals surface area contributed by atoms with Gasteiger partial charge < -0.3 is 15.2 Å². The van der Waals surface area contributed by atoms with Crippen LogP contribution >= 0.6 is 0 Å². The van der Waals surface area contributed by atoms with Gasteiger partial charge >= 0.3 is 18.0 Å². The minimum absolute atomic E-state index is 0.356. The Morgan fingerprint density at radius 1 is 1.24 bits per heavy atom. The number of amides is 1. The number of benzene rings is 1. The second-order valence-corrected chi connectivity index (χ2v) is 3.44. The SMILES string of the molecule is C=Cc1ccccc1.CCOC(N)=O.O=C1C=CC(=O)O1. The highest BCUT2D eigenvalue weighted by Crippen LogP contribution is 1.97. The molecule has 0 aliphatic carbocycles. The molecule has 0 atom stereocenters. The smallest absolute Gasteiger partial charge is 0.404 e. The number of carbonyl (C=O) groups is 3. The van der Waals surface area contributed by atoms with Gasteiger partial charge in [-0.1, -0.05) is 43.0 Å². The van der Waals surface area contributed by atoms with E-state index in [2.05, 4.69) is 21.8 Å². The van der Waals surface area contributed by atoms with Gasteiger partial charge in [-0.05, 0) is 12.5 Å². The van der Waals surface area contributed by atoms with E-state index in [-0.39, 0.29) is 0 Å². The van der Waals surface area contributed by atoms with Crippen LogP contribution in [-0.2, 0) is 19.1 Å². The van der Waals surface area contributed by atoms with Crippen molar-refractivity contribution >= 4 is 24.1 Å². The first-order valence-corrected chi connectivity index (χ1v) is 6.03. The number of carbonyl (C=O) groups excluding carboxylic acids is 3. The molecule has 0 spiro atoms. The van der Waals surface area contributed by atoms with Crippen LogP contribution < -0.4 is 5.73 Å². The molecule has 0 saturated carbocycles. The molecule has 0 unspecified atom stereocenters. The molecule has 0 fully saturated rings. The minimum atomic E-state index is -0.711. The van der Waals surface area contributed by atoms with Gasteiger partial charge in [-0.25, -0.2) is 14.4 Å². The van der Waals surface area contributed by atoms with Crippen LogP contribution in [0.4, 0.5) is 4.79 Å². The molecular formula is C15H17NO5. The quantitative estimate of drug-likeness (QED) is 0.664. The average molecular weight is 291 g/mol. The van der Waals surface area contributed by atoms with Gasteiger partial charge in [0.25, 0.3) is 0 Å². The van der Waals surface area contributed by atoms with Crippen molar-refractivity contribution in [3.63, 3.8) is 0 Å². The highest BCUT2D eigenvalue weighted by Gasteiger charge is 2.10. The molecule has 6 nitrogen and oxygen atoms in total. The summed E-state index contributed by atoms with van der Waals surface area (Å²) >= 11 is 0. The number of cyclic esters (lactones) is 2. The van der Waals surface area contributed by atoms with E-state index in [1.54, 1.807) is 6.92 Å². The lowest BCUT2D eigenvalue weighted by Gasteiger charge is -1.89. The Morgan fingerprint density at radius 2 is 1.76 bits per heavy atom. The molecule has 0 aromatic heterocycles. The zero-order chi connectivity index (χ0) is 16.1. The van der Waals surface area contributed by atoms with Crippen molar-refractivity contribution in [2.75, 3.05) is 6.61 Å². The average Bonchev–Trinajstić information content (AvgIpc) is 2.84. The van der Waals surface area contributed by atoms with E-state index in [1.807, 2.05) is 36.4 Å². The summed E-state index contributed by atoms with van der Waals surface area (Å²) in [6.45, 7) is 5.69. The van der Waals surface area contributed by atoms with E-state index in [4.69, 9.17) is 0 Å². The van der Waals surface area contributed by atoms with Crippen LogP contribution in [0.3, 0.4) is 0 Å². The van der Waals surface area contributed by atoms with Crippen molar-refractivity contribution in [2.24, 2.45) is 5.73 Å². The van der Waals surface area contributed by atoms with Gasteiger partial charge in [-0.15, -0.1) is 0 Å². The lowest BCUT2D eigenvalue weighted by molar-refractivity contribution is -0.150. The lowest BCUT2D eigenvalue weighted by Crippen LogP contribution is -2.11. The molecule has 0 bridgehead atoms. The first kappa shape index (κ1) is 18.1. The van der Waals surface area contributed by atoms with Crippen molar-refractivity contribution in [2.45, 2.75) is 6.92 Å². The maximum Gasteiger partial charge on any atom is 0.404 e. The van der Waals surface area contributed by atoms with Crippen LogP contribution in [0.15, 0.2) is 49.1 Å².